The van der Waals surface area contributed by atoms with Gasteiger partial charge in [-0.1, -0.05) is 12.1 Å². The van der Waals surface area contributed by atoms with Crippen LogP contribution in [0.5, 0.6) is 0 Å². The normalized spacial score (nSPS) is 10.7. The number of benzene rings is 2. The van der Waals surface area contributed by atoms with Gasteiger partial charge in [0.25, 0.3) is 0 Å². The standard InChI is InChI=1S/C14H11Br2F2N/c15-12-4-1-9(5-13(12)16)7-19-8-10-2-3-11(17)6-14(10)18/h1-6,19H,7-8H2. The molecule has 0 fully saturated rings. The molecule has 0 spiro atoms. The Bertz CT molecular complexity index is 588. The first-order valence-electron chi connectivity index (χ1n) is 5.65. The van der Waals surface area contributed by atoms with Gasteiger partial charge in [0.2, 0.25) is 0 Å². The van der Waals surface area contributed by atoms with E-state index in [-0.39, 0.29) is 0 Å². The van der Waals surface area contributed by atoms with Gasteiger partial charge in [0.1, 0.15) is 11.6 Å². The molecule has 100 valence electrons. The number of nitrogens with one attached hydrogen (secondary N) is 1. The molecule has 1 nitrogen and oxygen atoms in total. The summed E-state index contributed by atoms with van der Waals surface area (Å²) >= 11 is 6.82. The second-order valence-electron chi connectivity index (χ2n) is 4.09. The first-order valence-corrected chi connectivity index (χ1v) is 7.23. The Labute approximate surface area is 127 Å². The summed E-state index contributed by atoms with van der Waals surface area (Å²) in [7, 11) is 0. The lowest BCUT2D eigenvalue weighted by Gasteiger charge is -2.07. The number of hydrogen-bond donors (Lipinski definition) is 1. The van der Waals surface area contributed by atoms with Gasteiger partial charge in [-0.2, -0.15) is 0 Å². The van der Waals surface area contributed by atoms with E-state index < -0.39 is 11.6 Å². The molecule has 0 aromatic heterocycles. The van der Waals surface area contributed by atoms with Crippen LogP contribution >= 0.6 is 31.9 Å². The van der Waals surface area contributed by atoms with Crippen molar-refractivity contribution in [2.75, 3.05) is 0 Å². The van der Waals surface area contributed by atoms with E-state index in [1.54, 1.807) is 0 Å². The third-order valence-corrected chi connectivity index (χ3v) is 4.52. The van der Waals surface area contributed by atoms with Gasteiger partial charge >= 0.3 is 0 Å². The van der Waals surface area contributed by atoms with Crippen molar-refractivity contribution < 1.29 is 8.78 Å². The molecule has 19 heavy (non-hydrogen) atoms. The molecule has 0 radical (unpaired) electrons. The van der Waals surface area contributed by atoms with E-state index in [4.69, 9.17) is 0 Å². The fraction of sp³-hybridized carbons (Fsp3) is 0.143. The number of hydrogen-bond acceptors (Lipinski definition) is 1. The Morgan fingerprint density at radius 3 is 2.37 bits per heavy atom. The summed E-state index contributed by atoms with van der Waals surface area (Å²) < 4.78 is 28.1. The molecular formula is C14H11Br2F2N. The first kappa shape index (κ1) is 14.6. The van der Waals surface area contributed by atoms with Gasteiger partial charge in [-0.15, -0.1) is 0 Å². The zero-order chi connectivity index (χ0) is 13.8. The minimum atomic E-state index is -0.557. The minimum absolute atomic E-state index is 0.361. The van der Waals surface area contributed by atoms with Crippen molar-refractivity contribution in [3.8, 4) is 0 Å². The molecule has 1 N–H and O–H groups in total. The van der Waals surface area contributed by atoms with Crippen molar-refractivity contribution in [3.63, 3.8) is 0 Å². The van der Waals surface area contributed by atoms with Crippen molar-refractivity contribution in [1.29, 1.82) is 0 Å². The summed E-state index contributed by atoms with van der Waals surface area (Å²) in [5.41, 5.74) is 1.54. The molecule has 0 amide bonds. The Balaban J connectivity index is 1.94. The molecule has 0 aliphatic rings. The van der Waals surface area contributed by atoms with Crippen LogP contribution in [-0.4, -0.2) is 0 Å². The van der Waals surface area contributed by atoms with Gasteiger partial charge < -0.3 is 5.32 Å². The zero-order valence-electron chi connectivity index (χ0n) is 9.89. The van der Waals surface area contributed by atoms with Crippen molar-refractivity contribution in [2.45, 2.75) is 13.1 Å². The number of halogens is 4. The maximum Gasteiger partial charge on any atom is 0.130 e. The average molecular weight is 391 g/mol. The smallest absolute Gasteiger partial charge is 0.130 e. The molecule has 0 aliphatic carbocycles. The van der Waals surface area contributed by atoms with Gasteiger partial charge in [0, 0.05) is 33.7 Å². The van der Waals surface area contributed by atoms with Gasteiger partial charge in [0.05, 0.1) is 0 Å². The molecule has 0 bridgehead atoms. The molecule has 0 heterocycles. The predicted octanol–water partition coefficient (Wildman–Crippen LogP) is 4.78. The highest BCUT2D eigenvalue weighted by molar-refractivity contribution is 9.13. The lowest BCUT2D eigenvalue weighted by Crippen LogP contribution is -2.13. The predicted molar refractivity (Wildman–Crippen MR) is 78.7 cm³/mol. The van der Waals surface area contributed by atoms with Gasteiger partial charge in [-0.3, -0.25) is 0 Å². The third-order valence-electron chi connectivity index (χ3n) is 2.64. The maximum atomic E-state index is 13.4. The van der Waals surface area contributed by atoms with Crippen LogP contribution in [-0.2, 0) is 13.1 Å². The fourth-order valence-corrected chi connectivity index (χ4v) is 2.33. The van der Waals surface area contributed by atoms with Crippen LogP contribution in [0.15, 0.2) is 45.3 Å². The van der Waals surface area contributed by atoms with E-state index in [1.165, 1.54) is 12.1 Å². The lowest BCUT2D eigenvalue weighted by atomic mass is 10.2. The van der Waals surface area contributed by atoms with Crippen molar-refractivity contribution >= 4 is 31.9 Å². The summed E-state index contributed by atoms with van der Waals surface area (Å²) in [5.74, 6) is -1.08. The molecular weight excluding hydrogens is 380 g/mol. The van der Waals surface area contributed by atoms with Gasteiger partial charge in [0.15, 0.2) is 0 Å². The average Bonchev–Trinajstić information content (AvgIpc) is 2.36. The maximum absolute atomic E-state index is 13.4. The molecule has 0 unspecified atom stereocenters. The quantitative estimate of drug-likeness (QED) is 0.792. The van der Waals surface area contributed by atoms with Crippen LogP contribution in [0, 0.1) is 11.6 Å². The Kier molecular flexibility index (Phi) is 5.07. The van der Waals surface area contributed by atoms with E-state index in [0.29, 0.717) is 18.7 Å². The Morgan fingerprint density at radius 1 is 0.895 bits per heavy atom. The highest BCUT2D eigenvalue weighted by atomic mass is 79.9. The monoisotopic (exact) mass is 389 g/mol. The zero-order valence-corrected chi connectivity index (χ0v) is 13.1. The van der Waals surface area contributed by atoms with Crippen LogP contribution in [0.1, 0.15) is 11.1 Å². The molecule has 0 aliphatic heterocycles. The molecule has 0 atom stereocenters. The van der Waals surface area contributed by atoms with Crippen molar-refractivity contribution in [2.24, 2.45) is 0 Å². The Morgan fingerprint density at radius 2 is 1.68 bits per heavy atom. The molecule has 0 saturated heterocycles. The highest BCUT2D eigenvalue weighted by Gasteiger charge is 2.04. The van der Waals surface area contributed by atoms with Crippen LogP contribution in [0.2, 0.25) is 0 Å². The van der Waals surface area contributed by atoms with E-state index in [9.17, 15) is 8.78 Å². The van der Waals surface area contributed by atoms with E-state index in [1.807, 2.05) is 18.2 Å². The topological polar surface area (TPSA) is 12.0 Å². The summed E-state index contributed by atoms with van der Waals surface area (Å²) in [6.07, 6.45) is 0. The van der Waals surface area contributed by atoms with Crippen LogP contribution in [0.3, 0.4) is 0 Å². The van der Waals surface area contributed by atoms with E-state index >= 15 is 0 Å². The molecule has 2 aromatic rings. The minimum Gasteiger partial charge on any atom is -0.309 e. The SMILES string of the molecule is Fc1ccc(CNCc2ccc(Br)c(Br)c2)c(F)c1. The molecule has 0 saturated carbocycles. The van der Waals surface area contributed by atoms with Crippen LogP contribution in [0.4, 0.5) is 8.78 Å². The van der Waals surface area contributed by atoms with Crippen LogP contribution < -0.4 is 5.32 Å². The third kappa shape index (κ3) is 4.09. The lowest BCUT2D eigenvalue weighted by molar-refractivity contribution is 0.560. The molecule has 2 rings (SSSR count). The summed E-state index contributed by atoms with van der Waals surface area (Å²) in [4.78, 5) is 0. The van der Waals surface area contributed by atoms with Crippen molar-refractivity contribution in [3.05, 3.63) is 68.1 Å². The second-order valence-corrected chi connectivity index (χ2v) is 5.80. The molecule has 5 heteroatoms. The van der Waals surface area contributed by atoms with Crippen LogP contribution in [0.25, 0.3) is 0 Å². The highest BCUT2D eigenvalue weighted by Crippen LogP contribution is 2.23. The summed E-state index contributed by atoms with van der Waals surface area (Å²) in [6.45, 7) is 0.975. The van der Waals surface area contributed by atoms with Gasteiger partial charge in [-0.05, 0) is 55.6 Å². The largest absolute Gasteiger partial charge is 0.309 e. The number of rotatable bonds is 4. The first-order chi connectivity index (χ1) is 9.06. The summed E-state index contributed by atoms with van der Waals surface area (Å²) in [6, 6.07) is 9.51. The second kappa shape index (κ2) is 6.59. The molecule has 2 aromatic carbocycles. The van der Waals surface area contributed by atoms with Crippen molar-refractivity contribution in [1.82, 2.24) is 5.32 Å². The fourth-order valence-electron chi connectivity index (χ4n) is 1.66. The van der Waals surface area contributed by atoms with E-state index in [2.05, 4.69) is 37.2 Å². The summed E-state index contributed by atoms with van der Waals surface area (Å²) in [5, 5.41) is 3.13. The van der Waals surface area contributed by atoms with E-state index in [0.717, 1.165) is 20.6 Å². The van der Waals surface area contributed by atoms with Gasteiger partial charge in [-0.25, -0.2) is 8.78 Å². The Hall–Kier alpha value is -0.780.